The number of nitrogens with one attached hydrogen (secondary N) is 1. The van der Waals surface area contributed by atoms with E-state index in [2.05, 4.69) is 16.9 Å². The van der Waals surface area contributed by atoms with E-state index in [1.54, 1.807) is 19.1 Å². The minimum absolute atomic E-state index is 0.0686. The Labute approximate surface area is 160 Å². The van der Waals surface area contributed by atoms with Crippen molar-refractivity contribution in [3.05, 3.63) is 71.3 Å². The molecule has 7 nitrogen and oxygen atoms in total. The van der Waals surface area contributed by atoms with Crippen molar-refractivity contribution < 1.29 is 9.72 Å². The summed E-state index contributed by atoms with van der Waals surface area (Å²) in [4.78, 5) is 27.5. The number of non-ortho nitro benzene ring substituents is 1. The van der Waals surface area contributed by atoms with Gasteiger partial charge in [0, 0.05) is 24.4 Å². The second kappa shape index (κ2) is 8.05. The minimum atomic E-state index is -0.495. The van der Waals surface area contributed by atoms with Gasteiger partial charge in [0.15, 0.2) is 5.16 Å². The maximum Gasteiger partial charge on any atom is 0.271 e. The third-order valence-corrected chi connectivity index (χ3v) is 5.00. The van der Waals surface area contributed by atoms with Crippen LogP contribution in [0.4, 0.5) is 11.4 Å². The molecule has 0 saturated heterocycles. The van der Waals surface area contributed by atoms with Gasteiger partial charge in [-0.15, -0.1) is 6.58 Å². The average Bonchev–Trinajstić information content (AvgIpc) is 2.99. The van der Waals surface area contributed by atoms with Crippen molar-refractivity contribution >= 4 is 40.1 Å². The lowest BCUT2D eigenvalue weighted by atomic mass is 10.2. The second-order valence-electron chi connectivity index (χ2n) is 5.84. The van der Waals surface area contributed by atoms with Gasteiger partial charge in [0.25, 0.3) is 5.69 Å². The van der Waals surface area contributed by atoms with Gasteiger partial charge in [-0.05, 0) is 25.1 Å². The van der Waals surface area contributed by atoms with Crippen molar-refractivity contribution in [2.75, 3.05) is 5.32 Å². The molecule has 0 saturated carbocycles. The first kappa shape index (κ1) is 18.7. The molecule has 0 radical (unpaired) electrons. The predicted molar refractivity (Wildman–Crippen MR) is 107 cm³/mol. The van der Waals surface area contributed by atoms with E-state index < -0.39 is 10.2 Å². The third kappa shape index (κ3) is 4.17. The van der Waals surface area contributed by atoms with Gasteiger partial charge in [0.05, 0.1) is 21.2 Å². The number of carbonyl (C=O) groups excluding carboxylic acids is 1. The summed E-state index contributed by atoms with van der Waals surface area (Å²) in [5, 5.41) is 13.9. The Kier molecular flexibility index (Phi) is 5.56. The summed E-state index contributed by atoms with van der Waals surface area (Å²) in [5.74, 6) is -0.252. The van der Waals surface area contributed by atoms with Gasteiger partial charge in [-0.3, -0.25) is 14.9 Å². The fraction of sp³-hybridized carbons (Fsp3) is 0.158. The van der Waals surface area contributed by atoms with Crippen LogP contribution in [0.5, 0.6) is 0 Å². The fourth-order valence-electron chi connectivity index (χ4n) is 2.60. The molecule has 0 aliphatic rings. The summed E-state index contributed by atoms with van der Waals surface area (Å²) in [6.07, 6.45) is 1.78. The molecule has 8 heteroatoms. The van der Waals surface area contributed by atoms with E-state index in [1.165, 1.54) is 30.0 Å². The summed E-state index contributed by atoms with van der Waals surface area (Å²) >= 11 is 1.33. The number of nitrogens with zero attached hydrogens (tertiary/aromatic N) is 3. The summed E-state index contributed by atoms with van der Waals surface area (Å²) in [6.45, 7) is 6.14. The van der Waals surface area contributed by atoms with E-state index in [1.807, 2.05) is 28.8 Å². The molecule has 1 aromatic heterocycles. The van der Waals surface area contributed by atoms with Crippen LogP contribution in [0.1, 0.15) is 6.92 Å². The first-order chi connectivity index (χ1) is 13.0. The molecule has 0 fully saturated rings. The number of para-hydroxylation sites is 2. The van der Waals surface area contributed by atoms with Gasteiger partial charge >= 0.3 is 0 Å². The number of carbonyl (C=O) groups is 1. The lowest BCUT2D eigenvalue weighted by molar-refractivity contribution is -0.384. The highest BCUT2D eigenvalue weighted by molar-refractivity contribution is 8.00. The zero-order valence-corrected chi connectivity index (χ0v) is 15.5. The standard InChI is InChI=1S/C19H18N4O3S/c1-3-11-22-17-10-5-4-9-16(17)21-19(22)27-13(2)18(24)20-14-7-6-8-15(12-14)23(25)26/h3-10,12-13H,1,11H2,2H3,(H,20,24). The molecular formula is C19H18N4O3S. The molecule has 1 unspecified atom stereocenters. The molecule has 1 atom stereocenters. The molecule has 3 rings (SSSR count). The molecule has 1 N–H and O–H groups in total. The smallest absolute Gasteiger partial charge is 0.271 e. The average molecular weight is 382 g/mol. The Balaban J connectivity index is 1.78. The van der Waals surface area contributed by atoms with Crippen LogP contribution in [0, 0.1) is 10.1 Å². The van der Waals surface area contributed by atoms with Crippen molar-refractivity contribution in [2.24, 2.45) is 0 Å². The molecule has 0 spiro atoms. The van der Waals surface area contributed by atoms with E-state index in [9.17, 15) is 14.9 Å². The van der Waals surface area contributed by atoms with Gasteiger partial charge in [-0.2, -0.15) is 0 Å². The Hall–Kier alpha value is -3.13. The van der Waals surface area contributed by atoms with Crippen LogP contribution in [0.15, 0.2) is 66.3 Å². The maximum atomic E-state index is 12.5. The Morgan fingerprint density at radius 3 is 2.89 bits per heavy atom. The molecular weight excluding hydrogens is 364 g/mol. The molecule has 3 aromatic rings. The molecule has 0 aliphatic heterocycles. The fourth-order valence-corrected chi connectivity index (χ4v) is 3.54. The first-order valence-electron chi connectivity index (χ1n) is 8.27. The highest BCUT2D eigenvalue weighted by Gasteiger charge is 2.20. The molecule has 2 aromatic carbocycles. The molecule has 0 aliphatic carbocycles. The van der Waals surface area contributed by atoms with Crippen LogP contribution in [-0.4, -0.2) is 25.6 Å². The highest BCUT2D eigenvalue weighted by Crippen LogP contribution is 2.28. The number of thioether (sulfide) groups is 1. The number of aromatic nitrogens is 2. The van der Waals surface area contributed by atoms with E-state index in [-0.39, 0.29) is 11.6 Å². The number of amides is 1. The summed E-state index contributed by atoms with van der Waals surface area (Å²) in [5.41, 5.74) is 2.15. The van der Waals surface area contributed by atoms with E-state index in [0.717, 1.165) is 16.2 Å². The number of nitro benzene ring substituents is 1. The maximum absolute atomic E-state index is 12.5. The number of hydrogen-bond acceptors (Lipinski definition) is 5. The van der Waals surface area contributed by atoms with Crippen molar-refractivity contribution in [2.45, 2.75) is 23.9 Å². The van der Waals surface area contributed by atoms with Crippen molar-refractivity contribution in [3.8, 4) is 0 Å². The van der Waals surface area contributed by atoms with E-state index in [0.29, 0.717) is 12.2 Å². The number of anilines is 1. The van der Waals surface area contributed by atoms with Crippen molar-refractivity contribution in [1.29, 1.82) is 0 Å². The van der Waals surface area contributed by atoms with Gasteiger partial charge in [0.2, 0.25) is 5.91 Å². The SMILES string of the molecule is C=CCn1c(SC(C)C(=O)Nc2cccc([N+](=O)[O-])c2)nc2ccccc21. The number of imidazole rings is 1. The number of hydrogen-bond donors (Lipinski definition) is 1. The number of fused-ring (bicyclic) bond motifs is 1. The predicted octanol–water partition coefficient (Wildman–Crippen LogP) is 4.25. The van der Waals surface area contributed by atoms with E-state index in [4.69, 9.17) is 0 Å². The van der Waals surface area contributed by atoms with Crippen LogP contribution in [0.2, 0.25) is 0 Å². The zero-order chi connectivity index (χ0) is 19.4. The quantitative estimate of drug-likeness (QED) is 0.285. The third-order valence-electron chi connectivity index (χ3n) is 3.91. The van der Waals surface area contributed by atoms with Crippen LogP contribution < -0.4 is 5.32 Å². The van der Waals surface area contributed by atoms with E-state index >= 15 is 0 Å². The van der Waals surface area contributed by atoms with Crippen LogP contribution in [0.3, 0.4) is 0 Å². The number of nitro groups is 1. The molecule has 138 valence electrons. The summed E-state index contributed by atoms with van der Waals surface area (Å²) in [6, 6.07) is 13.6. The van der Waals surface area contributed by atoms with Crippen LogP contribution in [0.25, 0.3) is 11.0 Å². The van der Waals surface area contributed by atoms with Crippen LogP contribution in [-0.2, 0) is 11.3 Å². The van der Waals surface area contributed by atoms with Gasteiger partial charge < -0.3 is 9.88 Å². The van der Waals surface area contributed by atoms with Crippen LogP contribution >= 0.6 is 11.8 Å². The monoisotopic (exact) mass is 382 g/mol. The van der Waals surface area contributed by atoms with Gasteiger partial charge in [-0.25, -0.2) is 4.98 Å². The second-order valence-corrected chi connectivity index (χ2v) is 7.15. The Morgan fingerprint density at radius 1 is 1.37 bits per heavy atom. The summed E-state index contributed by atoms with van der Waals surface area (Å²) in [7, 11) is 0. The topological polar surface area (TPSA) is 90.1 Å². The van der Waals surface area contributed by atoms with Crippen molar-refractivity contribution in [3.63, 3.8) is 0 Å². The molecule has 0 bridgehead atoms. The molecule has 27 heavy (non-hydrogen) atoms. The minimum Gasteiger partial charge on any atom is -0.325 e. The molecule has 1 amide bonds. The largest absolute Gasteiger partial charge is 0.325 e. The number of rotatable bonds is 7. The van der Waals surface area contributed by atoms with Crippen molar-refractivity contribution in [1.82, 2.24) is 9.55 Å². The highest BCUT2D eigenvalue weighted by atomic mass is 32.2. The molecule has 1 heterocycles. The normalized spacial score (nSPS) is 11.9. The Morgan fingerprint density at radius 2 is 2.15 bits per heavy atom. The first-order valence-corrected chi connectivity index (χ1v) is 9.15. The lowest BCUT2D eigenvalue weighted by Crippen LogP contribution is -2.23. The summed E-state index contributed by atoms with van der Waals surface area (Å²) < 4.78 is 2.00. The van der Waals surface area contributed by atoms with Gasteiger partial charge in [-0.1, -0.05) is 36.0 Å². The Bertz CT molecular complexity index is 1020. The lowest BCUT2D eigenvalue weighted by Gasteiger charge is -2.12. The zero-order valence-electron chi connectivity index (χ0n) is 14.7. The number of allylic oxidation sites excluding steroid dienone is 1. The number of benzene rings is 2. The van der Waals surface area contributed by atoms with Gasteiger partial charge in [0.1, 0.15) is 0 Å².